The van der Waals surface area contributed by atoms with Crippen LogP contribution in [0.3, 0.4) is 0 Å². The maximum absolute atomic E-state index is 13.8. The smallest absolute Gasteiger partial charge is 0.341 e. The number of rotatable bonds is 5. The van der Waals surface area contributed by atoms with Crippen LogP contribution in [0.4, 0.5) is 4.39 Å². The average Bonchev–Trinajstić information content (AvgIpc) is 2.54. The molecule has 0 aromatic heterocycles. The van der Waals surface area contributed by atoms with E-state index in [1.165, 1.54) is 26.2 Å². The minimum Gasteiger partial charge on any atom is -0.497 e. The van der Waals surface area contributed by atoms with Gasteiger partial charge in [0.1, 0.15) is 11.6 Å². The molecular weight excluding hydrogens is 287 g/mol. The molecule has 2 aromatic rings. The molecule has 22 heavy (non-hydrogen) atoms. The Balaban J connectivity index is 2.10. The summed E-state index contributed by atoms with van der Waals surface area (Å²) in [4.78, 5) is 24.1. The number of hydrogen-bond donors (Lipinski definition) is 0. The van der Waals surface area contributed by atoms with Gasteiger partial charge in [0.05, 0.1) is 12.7 Å². The van der Waals surface area contributed by atoms with Crippen molar-refractivity contribution in [3.8, 4) is 5.75 Å². The largest absolute Gasteiger partial charge is 0.497 e. The van der Waals surface area contributed by atoms with E-state index in [4.69, 9.17) is 9.47 Å². The lowest BCUT2D eigenvalue weighted by Gasteiger charge is -2.13. The zero-order valence-electron chi connectivity index (χ0n) is 12.2. The molecule has 0 fully saturated rings. The number of ether oxygens (including phenoxy) is 2. The van der Waals surface area contributed by atoms with Gasteiger partial charge in [-0.15, -0.1) is 0 Å². The average molecular weight is 302 g/mol. The van der Waals surface area contributed by atoms with E-state index in [0.29, 0.717) is 11.3 Å². The molecule has 0 spiro atoms. The summed E-state index contributed by atoms with van der Waals surface area (Å²) in [5.74, 6) is -1.70. The number of halogens is 1. The highest BCUT2D eigenvalue weighted by Gasteiger charge is 2.22. The maximum atomic E-state index is 13.8. The van der Waals surface area contributed by atoms with Crippen LogP contribution in [0.1, 0.15) is 27.6 Å². The summed E-state index contributed by atoms with van der Waals surface area (Å²) in [6.45, 7) is 1.45. The van der Waals surface area contributed by atoms with Crippen LogP contribution in [0.2, 0.25) is 0 Å². The highest BCUT2D eigenvalue weighted by molar-refractivity contribution is 6.01. The van der Waals surface area contributed by atoms with Crippen LogP contribution >= 0.6 is 0 Å². The summed E-state index contributed by atoms with van der Waals surface area (Å²) >= 11 is 0. The van der Waals surface area contributed by atoms with Crippen molar-refractivity contribution in [1.29, 1.82) is 0 Å². The van der Waals surface area contributed by atoms with Crippen molar-refractivity contribution in [3.63, 3.8) is 0 Å². The first-order valence-corrected chi connectivity index (χ1v) is 6.66. The predicted molar refractivity (Wildman–Crippen MR) is 78.6 cm³/mol. The van der Waals surface area contributed by atoms with Crippen LogP contribution in [0, 0.1) is 5.82 Å². The monoisotopic (exact) mass is 302 g/mol. The minimum atomic E-state index is -1.00. The lowest BCUT2D eigenvalue weighted by Crippen LogP contribution is -2.24. The molecule has 2 rings (SSSR count). The third-order valence-corrected chi connectivity index (χ3v) is 3.11. The first-order chi connectivity index (χ1) is 10.5. The van der Waals surface area contributed by atoms with Gasteiger partial charge in [-0.05, 0) is 19.1 Å². The highest BCUT2D eigenvalue weighted by Crippen LogP contribution is 2.18. The van der Waals surface area contributed by atoms with E-state index in [-0.39, 0.29) is 11.3 Å². The number of Topliss-reactive ketones (excluding diaryl/α,β-unsaturated/α-hetero) is 1. The van der Waals surface area contributed by atoms with Crippen LogP contribution in [0.25, 0.3) is 0 Å². The number of esters is 1. The molecule has 5 heteroatoms. The molecular formula is C17H15FO4. The third-order valence-electron chi connectivity index (χ3n) is 3.11. The number of ketones is 1. The molecule has 0 heterocycles. The van der Waals surface area contributed by atoms with Crippen molar-refractivity contribution in [1.82, 2.24) is 0 Å². The third kappa shape index (κ3) is 3.49. The quantitative estimate of drug-likeness (QED) is 0.628. The molecule has 1 unspecified atom stereocenters. The molecule has 0 radical (unpaired) electrons. The Morgan fingerprint density at radius 2 is 1.77 bits per heavy atom. The van der Waals surface area contributed by atoms with E-state index >= 15 is 0 Å². The molecule has 1 atom stereocenters. The molecule has 0 saturated carbocycles. The molecule has 0 aliphatic rings. The molecule has 0 bridgehead atoms. The van der Waals surface area contributed by atoms with Gasteiger partial charge in [-0.25, -0.2) is 9.18 Å². The van der Waals surface area contributed by atoms with Gasteiger partial charge < -0.3 is 9.47 Å². The number of carbonyl (C=O) groups excluding carboxylic acids is 2. The topological polar surface area (TPSA) is 52.6 Å². The van der Waals surface area contributed by atoms with E-state index in [2.05, 4.69) is 0 Å². The number of hydrogen-bond acceptors (Lipinski definition) is 4. The Bertz CT molecular complexity index is 682. The summed E-state index contributed by atoms with van der Waals surface area (Å²) in [6.07, 6.45) is -1.00. The first kappa shape index (κ1) is 15.7. The van der Waals surface area contributed by atoms with Crippen molar-refractivity contribution in [2.45, 2.75) is 13.0 Å². The number of benzene rings is 2. The van der Waals surface area contributed by atoms with Crippen LogP contribution in [-0.2, 0) is 4.74 Å². The molecule has 114 valence electrons. The van der Waals surface area contributed by atoms with Gasteiger partial charge in [-0.3, -0.25) is 4.79 Å². The van der Waals surface area contributed by atoms with Crippen LogP contribution < -0.4 is 4.74 Å². The van der Waals surface area contributed by atoms with Crippen molar-refractivity contribution in [2.75, 3.05) is 7.11 Å². The molecule has 0 saturated heterocycles. The van der Waals surface area contributed by atoms with Gasteiger partial charge in [0.25, 0.3) is 0 Å². The zero-order chi connectivity index (χ0) is 16.1. The van der Waals surface area contributed by atoms with Crippen LogP contribution in [0.5, 0.6) is 5.75 Å². The van der Waals surface area contributed by atoms with Gasteiger partial charge in [0, 0.05) is 11.6 Å². The van der Waals surface area contributed by atoms with E-state index in [1.807, 2.05) is 0 Å². The zero-order valence-corrected chi connectivity index (χ0v) is 12.2. The summed E-state index contributed by atoms with van der Waals surface area (Å²) in [5, 5.41) is 0. The van der Waals surface area contributed by atoms with E-state index in [0.717, 1.165) is 6.07 Å². The van der Waals surface area contributed by atoms with Crippen molar-refractivity contribution in [2.24, 2.45) is 0 Å². The van der Waals surface area contributed by atoms with Gasteiger partial charge >= 0.3 is 5.97 Å². The second-order valence-electron chi connectivity index (χ2n) is 4.62. The maximum Gasteiger partial charge on any atom is 0.341 e. The summed E-state index contributed by atoms with van der Waals surface area (Å²) in [5.41, 5.74) is 0.187. The Hall–Kier alpha value is -2.69. The van der Waals surface area contributed by atoms with Crippen molar-refractivity contribution in [3.05, 3.63) is 65.5 Å². The second kappa shape index (κ2) is 6.85. The molecule has 4 nitrogen and oxygen atoms in total. The SMILES string of the molecule is COc1ccc(C(=O)OC(C)C(=O)c2ccccc2)c(F)c1. The van der Waals surface area contributed by atoms with Gasteiger partial charge in [-0.1, -0.05) is 30.3 Å². The standard InChI is InChI=1S/C17H15FO4/c1-11(16(19)12-6-4-3-5-7-12)22-17(20)14-9-8-13(21-2)10-15(14)18/h3-11H,1-2H3. The Labute approximate surface area is 127 Å². The van der Waals surface area contributed by atoms with Crippen molar-refractivity contribution < 1.29 is 23.5 Å². The first-order valence-electron chi connectivity index (χ1n) is 6.66. The number of carbonyl (C=O) groups is 2. The summed E-state index contributed by atoms with van der Waals surface area (Å²) < 4.78 is 23.7. The fourth-order valence-electron chi connectivity index (χ4n) is 1.90. The molecule has 0 aliphatic heterocycles. The van der Waals surface area contributed by atoms with E-state index < -0.39 is 17.9 Å². The van der Waals surface area contributed by atoms with Crippen LogP contribution in [-0.4, -0.2) is 25.0 Å². The highest BCUT2D eigenvalue weighted by atomic mass is 19.1. The molecule has 0 amide bonds. The molecule has 0 N–H and O–H groups in total. The van der Waals surface area contributed by atoms with Crippen LogP contribution in [0.15, 0.2) is 48.5 Å². The fraction of sp³-hybridized carbons (Fsp3) is 0.176. The second-order valence-corrected chi connectivity index (χ2v) is 4.62. The lowest BCUT2D eigenvalue weighted by molar-refractivity contribution is 0.0314. The predicted octanol–water partition coefficient (Wildman–Crippen LogP) is 3.26. The number of methoxy groups -OCH3 is 1. The molecule has 2 aromatic carbocycles. The minimum absolute atomic E-state index is 0.242. The van der Waals surface area contributed by atoms with E-state index in [9.17, 15) is 14.0 Å². The summed E-state index contributed by atoms with van der Waals surface area (Å²) in [6, 6.07) is 12.2. The fourth-order valence-corrected chi connectivity index (χ4v) is 1.90. The molecule has 0 aliphatic carbocycles. The Morgan fingerprint density at radius 3 is 2.36 bits per heavy atom. The normalized spacial score (nSPS) is 11.6. The van der Waals surface area contributed by atoms with Gasteiger partial charge in [-0.2, -0.15) is 0 Å². The van der Waals surface area contributed by atoms with Crippen molar-refractivity contribution >= 4 is 11.8 Å². The Morgan fingerprint density at radius 1 is 1.09 bits per heavy atom. The van der Waals surface area contributed by atoms with Gasteiger partial charge in [0.2, 0.25) is 5.78 Å². The van der Waals surface area contributed by atoms with E-state index in [1.54, 1.807) is 30.3 Å². The summed E-state index contributed by atoms with van der Waals surface area (Å²) in [7, 11) is 1.40. The van der Waals surface area contributed by atoms with Gasteiger partial charge in [0.15, 0.2) is 6.10 Å². The Kier molecular flexibility index (Phi) is 4.88. The lowest BCUT2D eigenvalue weighted by atomic mass is 10.1.